The molecular formula is C17H24ClNO5. The van der Waals surface area contributed by atoms with E-state index in [1.165, 1.54) is 7.11 Å². The number of methoxy groups -OCH3 is 1. The summed E-state index contributed by atoms with van der Waals surface area (Å²) in [4.78, 5) is 23.7. The molecule has 0 aliphatic heterocycles. The van der Waals surface area contributed by atoms with E-state index in [0.717, 1.165) is 0 Å². The van der Waals surface area contributed by atoms with Crippen molar-refractivity contribution < 1.29 is 23.8 Å². The van der Waals surface area contributed by atoms with Crippen LogP contribution in [0, 0.1) is 0 Å². The molecule has 0 saturated heterocycles. The summed E-state index contributed by atoms with van der Waals surface area (Å²) in [7, 11) is 1.29. The first-order valence-electron chi connectivity index (χ1n) is 7.79. The highest BCUT2D eigenvalue weighted by Crippen LogP contribution is 2.15. The van der Waals surface area contributed by atoms with E-state index in [1.807, 2.05) is 13.8 Å². The van der Waals surface area contributed by atoms with Crippen molar-refractivity contribution in [1.29, 1.82) is 0 Å². The molecule has 7 heteroatoms. The number of ether oxygens (including phenoxy) is 3. The average molecular weight is 358 g/mol. The summed E-state index contributed by atoms with van der Waals surface area (Å²) in [6, 6.07) is 6.14. The van der Waals surface area contributed by atoms with Crippen LogP contribution in [0.4, 0.5) is 0 Å². The van der Waals surface area contributed by atoms with E-state index in [1.54, 1.807) is 24.3 Å². The fourth-order valence-electron chi connectivity index (χ4n) is 1.87. The van der Waals surface area contributed by atoms with Gasteiger partial charge in [-0.05, 0) is 38.1 Å². The quantitative estimate of drug-likeness (QED) is 0.651. The minimum absolute atomic E-state index is 0.0618. The molecule has 6 nitrogen and oxygen atoms in total. The van der Waals surface area contributed by atoms with Crippen LogP contribution < -0.4 is 10.1 Å². The van der Waals surface area contributed by atoms with Crippen LogP contribution >= 0.6 is 11.6 Å². The summed E-state index contributed by atoms with van der Waals surface area (Å²) in [5.41, 5.74) is 0. The van der Waals surface area contributed by atoms with Crippen LogP contribution in [0.5, 0.6) is 5.75 Å². The molecule has 0 fully saturated rings. The van der Waals surface area contributed by atoms with Gasteiger partial charge in [0.1, 0.15) is 11.8 Å². The number of nitrogens with one attached hydrogen (secondary N) is 1. The van der Waals surface area contributed by atoms with Gasteiger partial charge in [0.15, 0.2) is 0 Å². The summed E-state index contributed by atoms with van der Waals surface area (Å²) in [6.45, 7) is 4.36. The average Bonchev–Trinajstić information content (AvgIpc) is 2.54. The number of amides is 1. The van der Waals surface area contributed by atoms with E-state index in [4.69, 9.17) is 25.8 Å². The van der Waals surface area contributed by atoms with Gasteiger partial charge in [-0.1, -0.05) is 11.6 Å². The molecule has 1 aromatic rings. The normalized spacial score (nSPS) is 11.9. The van der Waals surface area contributed by atoms with E-state index in [2.05, 4.69) is 5.32 Å². The molecule has 0 radical (unpaired) electrons. The zero-order chi connectivity index (χ0) is 17.9. The number of hydrogen-bond acceptors (Lipinski definition) is 5. The van der Waals surface area contributed by atoms with Crippen LogP contribution in [0.15, 0.2) is 24.3 Å². The van der Waals surface area contributed by atoms with Crippen LogP contribution in [0.3, 0.4) is 0 Å². The lowest BCUT2D eigenvalue weighted by atomic mass is 10.2. The van der Waals surface area contributed by atoms with E-state index in [-0.39, 0.29) is 25.0 Å². The van der Waals surface area contributed by atoms with Crippen molar-refractivity contribution in [3.05, 3.63) is 29.3 Å². The third kappa shape index (κ3) is 8.17. The smallest absolute Gasteiger partial charge is 0.328 e. The number of rotatable bonds is 10. The van der Waals surface area contributed by atoms with Crippen LogP contribution in [-0.2, 0) is 19.1 Å². The van der Waals surface area contributed by atoms with Gasteiger partial charge in [-0.25, -0.2) is 4.79 Å². The molecular weight excluding hydrogens is 334 g/mol. The van der Waals surface area contributed by atoms with Gasteiger partial charge in [-0.15, -0.1) is 0 Å². The summed E-state index contributed by atoms with van der Waals surface area (Å²) in [6.07, 6.45) is 0.544. The summed E-state index contributed by atoms with van der Waals surface area (Å²) in [5.74, 6) is -0.153. The maximum Gasteiger partial charge on any atom is 0.328 e. The Morgan fingerprint density at radius 2 is 1.83 bits per heavy atom. The third-order valence-electron chi connectivity index (χ3n) is 3.09. The zero-order valence-corrected chi connectivity index (χ0v) is 15.0. The SMILES string of the molecule is COC(=O)[C@H](CCOC(C)C)NC(=O)CCOc1ccc(Cl)cc1. The molecule has 0 aliphatic rings. The molecule has 0 unspecified atom stereocenters. The molecule has 0 heterocycles. The lowest BCUT2D eigenvalue weighted by Gasteiger charge is -2.17. The van der Waals surface area contributed by atoms with Crippen molar-refractivity contribution in [1.82, 2.24) is 5.32 Å². The van der Waals surface area contributed by atoms with Crippen LogP contribution in [0.25, 0.3) is 0 Å². The first-order chi connectivity index (χ1) is 11.4. The summed E-state index contributed by atoms with van der Waals surface area (Å²) >= 11 is 5.78. The Bertz CT molecular complexity index is 518. The topological polar surface area (TPSA) is 73.9 Å². The lowest BCUT2D eigenvalue weighted by molar-refractivity contribution is -0.145. The Hall–Kier alpha value is -1.79. The highest BCUT2D eigenvalue weighted by molar-refractivity contribution is 6.30. The molecule has 1 N–H and O–H groups in total. The molecule has 0 aliphatic carbocycles. The second-order valence-electron chi connectivity index (χ2n) is 5.40. The molecule has 0 saturated carbocycles. The van der Waals surface area contributed by atoms with E-state index in [0.29, 0.717) is 23.8 Å². The van der Waals surface area contributed by atoms with Gasteiger partial charge >= 0.3 is 5.97 Å². The zero-order valence-electron chi connectivity index (χ0n) is 14.2. The summed E-state index contributed by atoms with van der Waals surface area (Å²) < 4.78 is 15.6. The number of hydrogen-bond donors (Lipinski definition) is 1. The highest BCUT2D eigenvalue weighted by atomic mass is 35.5. The second-order valence-corrected chi connectivity index (χ2v) is 5.84. The van der Waals surface area contributed by atoms with Gasteiger partial charge in [0.2, 0.25) is 5.91 Å². The minimum Gasteiger partial charge on any atom is -0.493 e. The largest absolute Gasteiger partial charge is 0.493 e. The standard InChI is InChI=1S/C17H24ClNO5/c1-12(2)23-10-8-15(17(21)22-3)19-16(20)9-11-24-14-6-4-13(18)5-7-14/h4-7,12,15H,8-11H2,1-3H3,(H,19,20)/t15-/m0/s1. The van der Waals surface area contributed by atoms with Gasteiger partial charge in [0.05, 0.1) is 26.2 Å². The van der Waals surface area contributed by atoms with Crippen molar-refractivity contribution >= 4 is 23.5 Å². The van der Waals surface area contributed by atoms with Gasteiger partial charge in [0.25, 0.3) is 0 Å². The molecule has 1 aromatic carbocycles. The van der Waals surface area contributed by atoms with Crippen molar-refractivity contribution in [3.63, 3.8) is 0 Å². The van der Waals surface area contributed by atoms with Crippen LogP contribution in [-0.4, -0.2) is 44.3 Å². The molecule has 0 bridgehead atoms. The maximum atomic E-state index is 12.0. The van der Waals surface area contributed by atoms with E-state index >= 15 is 0 Å². The fraction of sp³-hybridized carbons (Fsp3) is 0.529. The van der Waals surface area contributed by atoms with Gasteiger partial charge in [-0.2, -0.15) is 0 Å². The van der Waals surface area contributed by atoms with Crippen LogP contribution in [0.1, 0.15) is 26.7 Å². The van der Waals surface area contributed by atoms with Crippen molar-refractivity contribution in [2.45, 2.75) is 38.8 Å². The van der Waals surface area contributed by atoms with E-state index < -0.39 is 12.0 Å². The predicted octanol–water partition coefficient (Wildman–Crippen LogP) is 2.58. The van der Waals surface area contributed by atoms with Crippen molar-refractivity contribution in [2.24, 2.45) is 0 Å². The lowest BCUT2D eigenvalue weighted by Crippen LogP contribution is -2.42. The number of carbonyl (C=O) groups is 2. The summed E-state index contributed by atoms with van der Waals surface area (Å²) in [5, 5.41) is 3.26. The molecule has 0 aromatic heterocycles. The Morgan fingerprint density at radius 3 is 2.42 bits per heavy atom. The van der Waals surface area contributed by atoms with Gasteiger partial charge in [-0.3, -0.25) is 4.79 Å². The molecule has 1 atom stereocenters. The first-order valence-corrected chi connectivity index (χ1v) is 8.17. The van der Waals surface area contributed by atoms with Gasteiger partial charge in [0, 0.05) is 18.1 Å². The van der Waals surface area contributed by atoms with Crippen molar-refractivity contribution in [2.75, 3.05) is 20.3 Å². The second kappa shape index (κ2) is 10.9. The number of benzene rings is 1. The number of esters is 1. The van der Waals surface area contributed by atoms with E-state index in [9.17, 15) is 9.59 Å². The van der Waals surface area contributed by atoms with Gasteiger partial charge < -0.3 is 19.5 Å². The molecule has 1 rings (SSSR count). The fourth-order valence-corrected chi connectivity index (χ4v) is 2.00. The van der Waals surface area contributed by atoms with Crippen molar-refractivity contribution in [3.8, 4) is 5.75 Å². The Morgan fingerprint density at radius 1 is 1.17 bits per heavy atom. The monoisotopic (exact) mass is 357 g/mol. The highest BCUT2D eigenvalue weighted by Gasteiger charge is 2.21. The number of carbonyl (C=O) groups excluding carboxylic acids is 2. The molecule has 134 valence electrons. The minimum atomic E-state index is -0.725. The Kier molecular flexibility index (Phi) is 9.19. The maximum absolute atomic E-state index is 12.0. The first kappa shape index (κ1) is 20.3. The molecule has 24 heavy (non-hydrogen) atoms. The van der Waals surface area contributed by atoms with Crippen LogP contribution in [0.2, 0.25) is 5.02 Å². The third-order valence-corrected chi connectivity index (χ3v) is 3.34. The Balaban J connectivity index is 2.37. The Labute approximate surface area is 147 Å². The predicted molar refractivity (Wildman–Crippen MR) is 91.2 cm³/mol. The molecule has 1 amide bonds. The number of halogens is 1. The molecule has 0 spiro atoms.